The van der Waals surface area contributed by atoms with Crippen LogP contribution >= 0.6 is 27.5 Å². The van der Waals surface area contributed by atoms with Crippen molar-refractivity contribution in [3.8, 4) is 11.5 Å². The minimum absolute atomic E-state index is 0.0434. The van der Waals surface area contributed by atoms with E-state index < -0.39 is 30.4 Å². The number of carboxylic acids is 1. The molecule has 4 N–H and O–H groups in total. The summed E-state index contributed by atoms with van der Waals surface area (Å²) in [4.78, 5) is 19.1. The first-order valence-electron chi connectivity index (χ1n) is 11.9. The number of hydrogen-bond donors (Lipinski definition) is 4. The van der Waals surface area contributed by atoms with Crippen LogP contribution in [-0.2, 0) is 4.79 Å². The third-order valence-electron chi connectivity index (χ3n) is 4.49. The molecule has 0 saturated carbocycles. The van der Waals surface area contributed by atoms with Crippen molar-refractivity contribution in [3.05, 3.63) is 60.2 Å². The monoisotopic (exact) mass is 631 g/mol. The highest BCUT2D eigenvalue weighted by molar-refractivity contribution is 9.08. The molecule has 1 heterocycles. The van der Waals surface area contributed by atoms with Crippen LogP contribution in [0.15, 0.2) is 49.3 Å². The fraction of sp³-hybridized carbons (Fsp3) is 0.370. The summed E-state index contributed by atoms with van der Waals surface area (Å²) in [7, 11) is 1.45. The Balaban J connectivity index is 0.00000189. The first kappa shape index (κ1) is 36.0. The summed E-state index contributed by atoms with van der Waals surface area (Å²) in [6.45, 7) is 9.04. The highest BCUT2D eigenvalue weighted by atomic mass is 79.9. The van der Waals surface area contributed by atoms with Crippen LogP contribution in [0.25, 0.3) is 10.9 Å². The van der Waals surface area contributed by atoms with Crippen LogP contribution in [0.4, 0.5) is 15.9 Å². The minimum atomic E-state index is -1.20. The molecule has 0 aliphatic rings. The normalized spacial score (nSPS) is 11.2. The molecule has 0 aliphatic heterocycles. The Hall–Kier alpha value is -2.99. The van der Waals surface area contributed by atoms with Gasteiger partial charge in [-0.2, -0.15) is 0 Å². The second-order valence-electron chi connectivity index (χ2n) is 7.36. The zero-order chi connectivity index (χ0) is 30.0. The number of benzene rings is 2. The third-order valence-corrected chi connectivity index (χ3v) is 4.78. The number of nitrogens with zero attached hydrogens (tertiary/aromatic N) is 2. The Morgan fingerprint density at radius 1 is 1.18 bits per heavy atom. The number of aliphatic hydroxyl groups is 2. The molecule has 2 atom stereocenters. The molecule has 12 heteroatoms. The molecular weight excluding hydrogens is 597 g/mol. The number of carbonyl (C=O) groups is 1. The number of fused-ring (bicyclic) bond motifs is 1. The standard InChI is InChI=1S/C21H21ClFN3O6.C3H6.C2H6.CH3Br/c1-31-18-8-17-14(7-19(18)32-9-13(28)5-12(27)6-20(29)30)21(25-10-24-17)26-11-2-3-16(23)15(22)4-11;1-3-2;2*1-2/h2-4,7-8,10,12-13,27-28H,5-6,9H2,1H3,(H,29,30)(H,24,25,26);3H,1H2,2H3;1-2H3;1H3. The van der Waals surface area contributed by atoms with Gasteiger partial charge < -0.3 is 30.1 Å². The van der Waals surface area contributed by atoms with Gasteiger partial charge in [0, 0.05) is 23.6 Å². The van der Waals surface area contributed by atoms with Gasteiger partial charge in [0.05, 0.1) is 36.3 Å². The van der Waals surface area contributed by atoms with Gasteiger partial charge in [-0.3, -0.25) is 4.79 Å². The van der Waals surface area contributed by atoms with Crippen LogP contribution in [0.1, 0.15) is 33.6 Å². The molecule has 0 saturated heterocycles. The summed E-state index contributed by atoms with van der Waals surface area (Å²) in [5, 5.41) is 32.0. The number of carboxylic acid groups (broad SMARTS) is 1. The van der Waals surface area contributed by atoms with Gasteiger partial charge in [-0.25, -0.2) is 14.4 Å². The molecule has 1 aromatic heterocycles. The zero-order valence-electron chi connectivity index (χ0n) is 22.6. The molecule has 9 nitrogen and oxygen atoms in total. The number of alkyl halides is 1. The van der Waals surface area contributed by atoms with E-state index in [2.05, 4.69) is 37.8 Å². The fourth-order valence-corrected chi connectivity index (χ4v) is 3.18. The average molecular weight is 633 g/mol. The lowest BCUT2D eigenvalue weighted by Gasteiger charge is -2.17. The molecule has 2 aromatic carbocycles. The smallest absolute Gasteiger partial charge is 0.305 e. The van der Waals surface area contributed by atoms with Gasteiger partial charge in [-0.1, -0.05) is 47.5 Å². The summed E-state index contributed by atoms with van der Waals surface area (Å²) in [5.41, 5.74) is 1.05. The molecular formula is C27H36BrClFN3O6. The number of aliphatic carboxylic acids is 1. The van der Waals surface area contributed by atoms with Crippen LogP contribution in [-0.4, -0.2) is 63.0 Å². The largest absolute Gasteiger partial charge is 0.493 e. The number of allylic oxidation sites excluding steroid dienone is 1. The highest BCUT2D eigenvalue weighted by Crippen LogP contribution is 2.35. The predicted octanol–water partition coefficient (Wildman–Crippen LogP) is 6.37. The number of ether oxygens (including phenoxy) is 2. The van der Waals surface area contributed by atoms with Crippen molar-refractivity contribution in [1.82, 2.24) is 9.97 Å². The van der Waals surface area contributed by atoms with E-state index >= 15 is 0 Å². The van der Waals surface area contributed by atoms with Crippen LogP contribution in [0.3, 0.4) is 0 Å². The Morgan fingerprint density at radius 3 is 2.38 bits per heavy atom. The summed E-state index contributed by atoms with van der Waals surface area (Å²) in [6.07, 6.45) is 0.162. The molecule has 0 bridgehead atoms. The zero-order valence-corrected chi connectivity index (χ0v) is 25.0. The molecule has 0 aliphatic carbocycles. The van der Waals surface area contributed by atoms with Crippen LogP contribution in [0, 0.1) is 5.82 Å². The van der Waals surface area contributed by atoms with Crippen molar-refractivity contribution in [1.29, 1.82) is 0 Å². The number of methoxy groups -OCH3 is 1. The molecule has 3 aromatic rings. The highest BCUT2D eigenvalue weighted by Gasteiger charge is 2.18. The van der Waals surface area contributed by atoms with E-state index in [-0.39, 0.29) is 23.8 Å². The Morgan fingerprint density at radius 2 is 1.82 bits per heavy atom. The number of anilines is 2. The second kappa shape index (κ2) is 20.0. The number of halogens is 3. The van der Waals surface area contributed by atoms with E-state index in [1.54, 1.807) is 18.2 Å². The first-order valence-corrected chi connectivity index (χ1v) is 13.8. The van der Waals surface area contributed by atoms with Crippen LogP contribution < -0.4 is 14.8 Å². The summed E-state index contributed by atoms with van der Waals surface area (Å²) < 4.78 is 24.4. The molecule has 0 amide bonds. The lowest BCUT2D eigenvalue weighted by Crippen LogP contribution is -2.25. The lowest BCUT2D eigenvalue weighted by molar-refractivity contribution is -0.139. The van der Waals surface area contributed by atoms with Gasteiger partial charge in [0.1, 0.15) is 24.6 Å². The Bertz CT molecular complexity index is 1170. The van der Waals surface area contributed by atoms with Crippen molar-refractivity contribution in [3.63, 3.8) is 0 Å². The minimum Gasteiger partial charge on any atom is -0.493 e. The SMILES string of the molecule is C=CC.CBr.CC.COc1cc2ncnc(Nc3ccc(F)c(Cl)c3)c2cc1OCC(O)CC(O)CC(=O)O. The Labute approximate surface area is 241 Å². The molecule has 2 unspecified atom stereocenters. The molecule has 216 valence electrons. The number of aliphatic hydroxyl groups excluding tert-OH is 2. The maximum absolute atomic E-state index is 13.4. The van der Waals surface area contributed by atoms with Crippen molar-refractivity contribution >= 4 is 55.9 Å². The van der Waals surface area contributed by atoms with Gasteiger partial charge >= 0.3 is 5.97 Å². The van der Waals surface area contributed by atoms with Gasteiger partial charge in [-0.15, -0.1) is 6.58 Å². The van der Waals surface area contributed by atoms with Gasteiger partial charge in [0.15, 0.2) is 11.5 Å². The summed E-state index contributed by atoms with van der Waals surface area (Å²) >= 11 is 8.78. The number of rotatable bonds is 10. The van der Waals surface area contributed by atoms with Gasteiger partial charge in [0.25, 0.3) is 0 Å². The van der Waals surface area contributed by atoms with E-state index in [9.17, 15) is 19.4 Å². The van der Waals surface area contributed by atoms with Crippen LogP contribution in [0.2, 0.25) is 5.02 Å². The summed E-state index contributed by atoms with van der Waals surface area (Å²) in [6, 6.07) is 7.40. The Kier molecular flexibility index (Phi) is 18.5. The molecule has 3 rings (SSSR count). The van der Waals surface area contributed by atoms with Gasteiger partial charge in [-0.05, 0) is 37.0 Å². The number of nitrogens with one attached hydrogen (secondary N) is 1. The van der Waals surface area contributed by atoms with E-state index in [0.717, 1.165) is 0 Å². The first-order chi connectivity index (χ1) is 18.7. The maximum atomic E-state index is 13.4. The molecule has 0 radical (unpaired) electrons. The van der Waals surface area contributed by atoms with E-state index in [4.69, 9.17) is 26.2 Å². The topological polar surface area (TPSA) is 134 Å². The van der Waals surface area contributed by atoms with Crippen molar-refractivity contribution in [2.24, 2.45) is 0 Å². The van der Waals surface area contributed by atoms with Crippen molar-refractivity contribution in [2.75, 3.05) is 24.9 Å². The third kappa shape index (κ3) is 12.6. The van der Waals surface area contributed by atoms with E-state index in [1.165, 1.54) is 31.6 Å². The fourth-order valence-electron chi connectivity index (χ4n) is 3.00. The van der Waals surface area contributed by atoms with Crippen molar-refractivity contribution in [2.45, 2.75) is 45.8 Å². The maximum Gasteiger partial charge on any atom is 0.305 e. The van der Waals surface area contributed by atoms with E-state index in [1.807, 2.05) is 26.6 Å². The second-order valence-corrected chi connectivity index (χ2v) is 7.76. The summed E-state index contributed by atoms with van der Waals surface area (Å²) in [5.74, 6) is 1.14. The lowest BCUT2D eigenvalue weighted by atomic mass is 10.1. The quantitative estimate of drug-likeness (QED) is 0.149. The predicted molar refractivity (Wildman–Crippen MR) is 157 cm³/mol. The van der Waals surface area contributed by atoms with Crippen LogP contribution in [0.5, 0.6) is 11.5 Å². The molecule has 0 spiro atoms. The van der Waals surface area contributed by atoms with Crippen molar-refractivity contribution < 1.29 is 34.0 Å². The number of hydrogen-bond acceptors (Lipinski definition) is 8. The average Bonchev–Trinajstić information content (AvgIpc) is 2.91. The molecule has 39 heavy (non-hydrogen) atoms. The van der Waals surface area contributed by atoms with E-state index in [0.29, 0.717) is 28.2 Å². The van der Waals surface area contributed by atoms with Gasteiger partial charge in [0.2, 0.25) is 0 Å². The number of aromatic nitrogens is 2. The molecule has 0 fully saturated rings.